The molecule has 1 aromatic carbocycles. The first kappa shape index (κ1) is 14.8. The number of rotatable bonds is 2. The second-order valence-electron chi connectivity index (χ2n) is 5.94. The van der Waals surface area contributed by atoms with Crippen LogP contribution in [0, 0.1) is 24.2 Å². The summed E-state index contributed by atoms with van der Waals surface area (Å²) in [7, 11) is 0. The van der Waals surface area contributed by atoms with Crippen LogP contribution >= 0.6 is 11.3 Å². The minimum absolute atomic E-state index is 0.138. The molecule has 4 heteroatoms. The third kappa shape index (κ3) is 2.65. The van der Waals surface area contributed by atoms with E-state index in [4.69, 9.17) is 0 Å². The van der Waals surface area contributed by atoms with Crippen molar-refractivity contribution < 1.29 is 4.79 Å². The second-order valence-corrected chi connectivity index (χ2v) is 7.04. The highest BCUT2D eigenvalue weighted by molar-refractivity contribution is 7.16. The van der Waals surface area contributed by atoms with Gasteiger partial charge in [0.05, 0.1) is 5.56 Å². The minimum atomic E-state index is -0.138. The molecule has 3 rings (SSSR count). The van der Waals surface area contributed by atoms with E-state index in [2.05, 4.69) is 18.3 Å². The van der Waals surface area contributed by atoms with Crippen LogP contribution in [0.4, 0.5) is 5.00 Å². The Kier molecular flexibility index (Phi) is 4.00. The fraction of sp³-hybridized carbons (Fsp3) is 0.333. The van der Waals surface area contributed by atoms with Crippen LogP contribution in [-0.4, -0.2) is 5.91 Å². The predicted molar refractivity (Wildman–Crippen MR) is 89.4 cm³/mol. The number of aryl methyl sites for hydroxylation is 1. The molecule has 1 aliphatic rings. The number of thiophene rings is 1. The largest absolute Gasteiger partial charge is 0.312 e. The molecule has 1 atom stereocenters. The van der Waals surface area contributed by atoms with E-state index >= 15 is 0 Å². The van der Waals surface area contributed by atoms with Gasteiger partial charge in [0.1, 0.15) is 11.1 Å². The summed E-state index contributed by atoms with van der Waals surface area (Å²) in [6, 6.07) is 9.79. The second kappa shape index (κ2) is 5.94. The van der Waals surface area contributed by atoms with Crippen LogP contribution in [0.5, 0.6) is 0 Å². The van der Waals surface area contributed by atoms with Gasteiger partial charge in [0.2, 0.25) is 0 Å². The molecular formula is C18H18N2OS. The van der Waals surface area contributed by atoms with Crippen LogP contribution in [-0.2, 0) is 12.8 Å². The highest BCUT2D eigenvalue weighted by atomic mass is 32.1. The van der Waals surface area contributed by atoms with E-state index in [-0.39, 0.29) is 5.91 Å². The molecule has 1 aromatic heterocycles. The number of hydrogen-bond acceptors (Lipinski definition) is 3. The average molecular weight is 310 g/mol. The SMILES string of the molecule is Cc1ccccc1C(=O)Nc1sc2c(c1C#N)CC[C@H](C)C2. The van der Waals surface area contributed by atoms with Crippen LogP contribution in [0.3, 0.4) is 0 Å². The van der Waals surface area contributed by atoms with E-state index in [1.807, 2.05) is 31.2 Å². The molecule has 0 unspecified atom stereocenters. The number of hydrogen-bond donors (Lipinski definition) is 1. The molecule has 0 saturated heterocycles. The molecule has 2 aromatic rings. The summed E-state index contributed by atoms with van der Waals surface area (Å²) in [5.74, 6) is 0.513. The van der Waals surface area contributed by atoms with E-state index in [0.29, 0.717) is 22.0 Å². The Bertz CT molecular complexity index is 770. The Morgan fingerprint density at radius 2 is 2.18 bits per heavy atom. The molecule has 112 valence electrons. The zero-order valence-electron chi connectivity index (χ0n) is 12.8. The molecule has 0 aliphatic heterocycles. The zero-order valence-corrected chi connectivity index (χ0v) is 13.6. The molecule has 0 fully saturated rings. The quantitative estimate of drug-likeness (QED) is 0.899. The van der Waals surface area contributed by atoms with E-state index < -0.39 is 0 Å². The van der Waals surface area contributed by atoms with Crippen LogP contribution in [0.1, 0.15) is 45.3 Å². The third-order valence-electron chi connectivity index (χ3n) is 4.24. The van der Waals surface area contributed by atoms with Crippen molar-refractivity contribution in [1.82, 2.24) is 0 Å². The molecular weight excluding hydrogens is 292 g/mol. The number of carbonyl (C=O) groups is 1. The lowest BCUT2D eigenvalue weighted by atomic mass is 9.88. The smallest absolute Gasteiger partial charge is 0.256 e. The summed E-state index contributed by atoms with van der Waals surface area (Å²) in [6.45, 7) is 4.15. The Morgan fingerprint density at radius 3 is 2.91 bits per heavy atom. The fourth-order valence-corrected chi connectivity index (χ4v) is 4.31. The van der Waals surface area contributed by atoms with Gasteiger partial charge in [-0.2, -0.15) is 5.26 Å². The van der Waals surface area contributed by atoms with Gasteiger partial charge in [-0.05, 0) is 49.3 Å². The number of nitrogens with zero attached hydrogens (tertiary/aromatic N) is 1. The molecule has 1 aliphatic carbocycles. The third-order valence-corrected chi connectivity index (χ3v) is 5.41. The molecule has 1 amide bonds. The number of nitrogens with one attached hydrogen (secondary N) is 1. The van der Waals surface area contributed by atoms with Crippen LogP contribution in [0.25, 0.3) is 0 Å². The first-order valence-corrected chi connectivity index (χ1v) is 8.33. The molecule has 3 nitrogen and oxygen atoms in total. The Morgan fingerprint density at radius 1 is 1.41 bits per heavy atom. The monoisotopic (exact) mass is 310 g/mol. The number of fused-ring (bicyclic) bond motifs is 1. The molecule has 0 radical (unpaired) electrons. The molecule has 0 saturated carbocycles. The van der Waals surface area contributed by atoms with Crippen molar-refractivity contribution in [3.8, 4) is 6.07 Å². The van der Waals surface area contributed by atoms with Crippen LogP contribution < -0.4 is 5.32 Å². The maximum atomic E-state index is 12.5. The van der Waals surface area contributed by atoms with Crippen molar-refractivity contribution in [3.05, 3.63) is 51.4 Å². The molecule has 0 bridgehead atoms. The Labute approximate surface area is 134 Å². The van der Waals surface area contributed by atoms with Gasteiger partial charge in [0.15, 0.2) is 0 Å². The van der Waals surface area contributed by atoms with Gasteiger partial charge in [-0.1, -0.05) is 25.1 Å². The van der Waals surface area contributed by atoms with Gasteiger partial charge in [-0.25, -0.2) is 0 Å². The van der Waals surface area contributed by atoms with Crippen molar-refractivity contribution in [2.45, 2.75) is 33.1 Å². The predicted octanol–water partition coefficient (Wildman–Crippen LogP) is 4.31. The lowest BCUT2D eigenvalue weighted by molar-refractivity contribution is 0.102. The summed E-state index contributed by atoms with van der Waals surface area (Å²) in [6.07, 6.45) is 3.06. The topological polar surface area (TPSA) is 52.9 Å². The van der Waals surface area contributed by atoms with Crippen molar-refractivity contribution in [3.63, 3.8) is 0 Å². The summed E-state index contributed by atoms with van der Waals surface area (Å²) >= 11 is 1.56. The maximum Gasteiger partial charge on any atom is 0.256 e. The number of nitriles is 1. The lowest BCUT2D eigenvalue weighted by Crippen LogP contribution is -2.13. The zero-order chi connectivity index (χ0) is 15.7. The molecule has 22 heavy (non-hydrogen) atoms. The van der Waals surface area contributed by atoms with Gasteiger partial charge >= 0.3 is 0 Å². The van der Waals surface area contributed by atoms with Crippen molar-refractivity contribution in [2.75, 3.05) is 5.32 Å². The van der Waals surface area contributed by atoms with E-state index in [9.17, 15) is 10.1 Å². The van der Waals surface area contributed by atoms with Gasteiger partial charge < -0.3 is 5.32 Å². The van der Waals surface area contributed by atoms with E-state index in [0.717, 1.165) is 30.4 Å². The summed E-state index contributed by atoms with van der Waals surface area (Å²) in [5.41, 5.74) is 3.40. The van der Waals surface area contributed by atoms with Gasteiger partial charge in [0.25, 0.3) is 5.91 Å². The van der Waals surface area contributed by atoms with Crippen molar-refractivity contribution in [2.24, 2.45) is 5.92 Å². The van der Waals surface area contributed by atoms with Gasteiger partial charge in [-0.15, -0.1) is 11.3 Å². The summed E-state index contributed by atoms with van der Waals surface area (Å²) in [5, 5.41) is 13.1. The number of benzene rings is 1. The van der Waals surface area contributed by atoms with Gasteiger partial charge in [-0.3, -0.25) is 4.79 Å². The standard InChI is InChI=1S/C18H18N2OS/c1-11-7-8-14-15(10-19)18(22-16(14)9-11)20-17(21)13-6-4-3-5-12(13)2/h3-6,11H,7-9H2,1-2H3,(H,20,21)/t11-/m0/s1. The molecule has 0 spiro atoms. The average Bonchev–Trinajstić information content (AvgIpc) is 2.83. The van der Waals surface area contributed by atoms with Crippen LogP contribution in [0.2, 0.25) is 0 Å². The lowest BCUT2D eigenvalue weighted by Gasteiger charge is -2.17. The van der Waals surface area contributed by atoms with Gasteiger partial charge in [0, 0.05) is 10.4 Å². The first-order chi connectivity index (χ1) is 10.6. The maximum absolute atomic E-state index is 12.5. The highest BCUT2D eigenvalue weighted by Gasteiger charge is 2.25. The highest BCUT2D eigenvalue weighted by Crippen LogP contribution is 2.39. The van der Waals surface area contributed by atoms with E-state index in [1.54, 1.807) is 11.3 Å². The minimum Gasteiger partial charge on any atom is -0.312 e. The normalized spacial score (nSPS) is 16.7. The Hall–Kier alpha value is -2.12. The summed E-state index contributed by atoms with van der Waals surface area (Å²) in [4.78, 5) is 13.7. The molecule has 1 N–H and O–H groups in total. The number of anilines is 1. The summed E-state index contributed by atoms with van der Waals surface area (Å²) < 4.78 is 0. The first-order valence-electron chi connectivity index (χ1n) is 7.51. The number of carbonyl (C=O) groups excluding carboxylic acids is 1. The van der Waals surface area contributed by atoms with E-state index in [1.165, 1.54) is 4.88 Å². The number of amides is 1. The molecule has 1 heterocycles. The van der Waals surface area contributed by atoms with Crippen molar-refractivity contribution in [1.29, 1.82) is 5.26 Å². The fourth-order valence-electron chi connectivity index (χ4n) is 2.96. The van der Waals surface area contributed by atoms with Crippen molar-refractivity contribution >= 4 is 22.2 Å². The van der Waals surface area contributed by atoms with Crippen LogP contribution in [0.15, 0.2) is 24.3 Å². The Balaban J connectivity index is 1.92.